The summed E-state index contributed by atoms with van der Waals surface area (Å²) in [5, 5.41) is 2.83. The Kier molecular flexibility index (Phi) is 1.97. The predicted molar refractivity (Wildman–Crippen MR) is 55.5 cm³/mol. The second kappa shape index (κ2) is 3.01. The van der Waals surface area contributed by atoms with Crippen LogP contribution in [-0.2, 0) is 4.74 Å². The third kappa shape index (κ3) is 1.30. The van der Waals surface area contributed by atoms with Crippen LogP contribution in [0.15, 0.2) is 11.4 Å². The van der Waals surface area contributed by atoms with E-state index in [-0.39, 0.29) is 5.97 Å². The van der Waals surface area contributed by atoms with Gasteiger partial charge in [0.15, 0.2) is 0 Å². The normalized spacial score (nSPS) is 10.5. The van der Waals surface area contributed by atoms with Crippen LogP contribution in [0.25, 0.3) is 9.40 Å². The van der Waals surface area contributed by atoms with Crippen molar-refractivity contribution >= 4 is 43.7 Å². The minimum Gasteiger partial charge on any atom is -0.465 e. The molecule has 0 aromatic carbocycles. The Morgan fingerprint density at radius 1 is 1.62 bits per heavy atom. The molecule has 3 nitrogen and oxygen atoms in total. The van der Waals surface area contributed by atoms with E-state index < -0.39 is 0 Å². The Bertz CT molecular complexity index is 458. The topological polar surface area (TPSA) is 52.3 Å². The molecule has 0 saturated carbocycles. The van der Waals surface area contributed by atoms with Gasteiger partial charge in [-0.25, -0.2) is 4.79 Å². The van der Waals surface area contributed by atoms with Crippen LogP contribution in [0.3, 0.4) is 0 Å². The van der Waals surface area contributed by atoms with Gasteiger partial charge in [-0.3, -0.25) is 0 Å². The average Bonchev–Trinajstić information content (AvgIpc) is 2.67. The second-order valence-electron chi connectivity index (χ2n) is 2.49. The summed E-state index contributed by atoms with van der Waals surface area (Å²) in [6.07, 6.45) is 0. The number of thiophene rings is 2. The molecule has 2 heterocycles. The number of rotatable bonds is 1. The molecule has 0 fully saturated rings. The zero-order valence-corrected chi connectivity index (χ0v) is 8.50. The molecule has 2 rings (SSSR count). The summed E-state index contributed by atoms with van der Waals surface area (Å²) in [6, 6.07) is 1.78. The highest BCUT2D eigenvalue weighted by Gasteiger charge is 2.12. The summed E-state index contributed by atoms with van der Waals surface area (Å²) < 4.78 is 5.68. The van der Waals surface area contributed by atoms with E-state index in [2.05, 4.69) is 4.74 Å². The number of esters is 1. The highest BCUT2D eigenvalue weighted by Crippen LogP contribution is 2.35. The molecule has 0 bridgehead atoms. The molecular weight excluding hydrogens is 206 g/mol. The lowest BCUT2D eigenvalue weighted by molar-refractivity contribution is 0.0606. The van der Waals surface area contributed by atoms with Crippen molar-refractivity contribution in [1.82, 2.24) is 0 Å². The van der Waals surface area contributed by atoms with Crippen LogP contribution in [0.2, 0.25) is 0 Å². The van der Waals surface area contributed by atoms with Gasteiger partial charge in [0.05, 0.1) is 16.8 Å². The van der Waals surface area contributed by atoms with Gasteiger partial charge < -0.3 is 10.5 Å². The number of fused-ring (bicyclic) bond motifs is 1. The summed E-state index contributed by atoms with van der Waals surface area (Å²) in [6.45, 7) is 0. The summed E-state index contributed by atoms with van der Waals surface area (Å²) >= 11 is 2.96. The molecule has 0 atom stereocenters. The molecule has 0 aliphatic heterocycles. The van der Waals surface area contributed by atoms with Crippen molar-refractivity contribution < 1.29 is 9.53 Å². The van der Waals surface area contributed by atoms with Crippen LogP contribution in [-0.4, -0.2) is 13.1 Å². The highest BCUT2D eigenvalue weighted by molar-refractivity contribution is 7.38. The number of carbonyl (C=O) groups excluding carboxylic acids is 1. The molecule has 0 aliphatic rings. The van der Waals surface area contributed by atoms with E-state index in [1.807, 2.05) is 5.38 Å². The standard InChI is InChI=1S/C8H7NO2S2/c1-11-7(10)6-2-4-5(9)3-12-8(4)13-6/h2-3H,9H2,1H3. The Morgan fingerprint density at radius 2 is 2.38 bits per heavy atom. The number of hydrogen-bond donors (Lipinski definition) is 1. The van der Waals surface area contributed by atoms with E-state index in [1.165, 1.54) is 18.4 Å². The maximum atomic E-state index is 11.1. The molecule has 0 spiro atoms. The Labute approximate surface area is 82.7 Å². The van der Waals surface area contributed by atoms with E-state index in [0.29, 0.717) is 4.88 Å². The number of carbonyl (C=O) groups is 1. The molecule has 0 aliphatic carbocycles. The van der Waals surface area contributed by atoms with Crippen molar-refractivity contribution in [2.24, 2.45) is 0 Å². The quantitative estimate of drug-likeness (QED) is 0.740. The van der Waals surface area contributed by atoms with Gasteiger partial charge in [-0.05, 0) is 6.07 Å². The zero-order chi connectivity index (χ0) is 9.42. The van der Waals surface area contributed by atoms with Crippen molar-refractivity contribution in [3.63, 3.8) is 0 Å². The number of hydrogen-bond acceptors (Lipinski definition) is 5. The third-order valence-corrected chi connectivity index (χ3v) is 3.94. The number of nitrogen functional groups attached to an aromatic ring is 1. The highest BCUT2D eigenvalue weighted by atomic mass is 32.2. The molecule has 0 unspecified atom stereocenters. The van der Waals surface area contributed by atoms with Crippen LogP contribution in [0, 0.1) is 0 Å². The van der Waals surface area contributed by atoms with Gasteiger partial charge in [-0.2, -0.15) is 0 Å². The fraction of sp³-hybridized carbons (Fsp3) is 0.125. The SMILES string of the molecule is COC(=O)c1cc2c(N)csc2s1. The number of anilines is 1. The number of methoxy groups -OCH3 is 1. The van der Waals surface area contributed by atoms with Gasteiger partial charge in [0.2, 0.25) is 0 Å². The molecule has 0 radical (unpaired) electrons. The summed E-state index contributed by atoms with van der Waals surface area (Å²) in [7, 11) is 1.37. The largest absolute Gasteiger partial charge is 0.465 e. The monoisotopic (exact) mass is 213 g/mol. The fourth-order valence-electron chi connectivity index (χ4n) is 1.04. The van der Waals surface area contributed by atoms with Crippen LogP contribution < -0.4 is 5.73 Å². The number of ether oxygens (including phenoxy) is 1. The van der Waals surface area contributed by atoms with Crippen LogP contribution in [0.4, 0.5) is 5.69 Å². The lowest BCUT2D eigenvalue weighted by atomic mass is 10.3. The molecule has 0 saturated heterocycles. The Balaban J connectivity index is 2.56. The van der Waals surface area contributed by atoms with Crippen LogP contribution in [0.5, 0.6) is 0 Å². The zero-order valence-electron chi connectivity index (χ0n) is 6.87. The summed E-state index contributed by atoms with van der Waals surface area (Å²) in [4.78, 5) is 11.8. The molecule has 2 aromatic heterocycles. The first kappa shape index (κ1) is 8.52. The van der Waals surface area contributed by atoms with Crippen molar-refractivity contribution in [2.75, 3.05) is 12.8 Å². The van der Waals surface area contributed by atoms with Crippen molar-refractivity contribution in [3.8, 4) is 0 Å². The molecular formula is C8H7NO2S2. The van der Waals surface area contributed by atoms with Crippen molar-refractivity contribution in [3.05, 3.63) is 16.3 Å². The molecule has 5 heteroatoms. The van der Waals surface area contributed by atoms with E-state index in [4.69, 9.17) is 5.73 Å². The summed E-state index contributed by atoms with van der Waals surface area (Å²) in [5.41, 5.74) is 6.42. The van der Waals surface area contributed by atoms with E-state index >= 15 is 0 Å². The Morgan fingerprint density at radius 3 is 3.00 bits per heavy atom. The van der Waals surface area contributed by atoms with Crippen LogP contribution in [0.1, 0.15) is 9.67 Å². The first-order chi connectivity index (χ1) is 6.22. The smallest absolute Gasteiger partial charge is 0.348 e. The maximum Gasteiger partial charge on any atom is 0.348 e. The van der Waals surface area contributed by atoms with Gasteiger partial charge >= 0.3 is 5.97 Å². The predicted octanol–water partition coefficient (Wildman–Crippen LogP) is 2.33. The van der Waals surface area contributed by atoms with Gasteiger partial charge in [0.1, 0.15) is 4.88 Å². The molecule has 13 heavy (non-hydrogen) atoms. The van der Waals surface area contributed by atoms with Gasteiger partial charge in [-0.1, -0.05) is 0 Å². The average molecular weight is 213 g/mol. The molecule has 0 amide bonds. The van der Waals surface area contributed by atoms with Crippen molar-refractivity contribution in [1.29, 1.82) is 0 Å². The van der Waals surface area contributed by atoms with E-state index in [0.717, 1.165) is 15.1 Å². The van der Waals surface area contributed by atoms with Gasteiger partial charge in [0, 0.05) is 10.8 Å². The van der Waals surface area contributed by atoms with E-state index in [9.17, 15) is 4.79 Å². The molecule has 2 aromatic rings. The fourth-order valence-corrected chi connectivity index (χ4v) is 3.15. The van der Waals surface area contributed by atoms with Gasteiger partial charge in [0.25, 0.3) is 0 Å². The summed E-state index contributed by atoms with van der Waals surface area (Å²) in [5.74, 6) is -0.298. The molecule has 68 valence electrons. The second-order valence-corrected chi connectivity index (χ2v) is 4.68. The Hall–Kier alpha value is -1.07. The first-order valence-electron chi connectivity index (χ1n) is 3.57. The number of nitrogens with two attached hydrogens (primary N) is 1. The molecule has 2 N–H and O–H groups in total. The maximum absolute atomic E-state index is 11.1. The lowest BCUT2D eigenvalue weighted by Crippen LogP contribution is -1.96. The minimum absolute atomic E-state index is 0.298. The first-order valence-corrected chi connectivity index (χ1v) is 5.27. The van der Waals surface area contributed by atoms with E-state index in [1.54, 1.807) is 17.4 Å². The van der Waals surface area contributed by atoms with Gasteiger partial charge in [-0.15, -0.1) is 22.7 Å². The third-order valence-electron chi connectivity index (χ3n) is 1.69. The lowest BCUT2D eigenvalue weighted by Gasteiger charge is -1.91. The van der Waals surface area contributed by atoms with Crippen molar-refractivity contribution in [2.45, 2.75) is 0 Å². The van der Waals surface area contributed by atoms with Crippen LogP contribution >= 0.6 is 22.7 Å². The minimum atomic E-state index is -0.298.